The largest absolute Gasteiger partial charge is 0.352 e. The first-order valence-electron chi connectivity index (χ1n) is 7.06. The van der Waals surface area contributed by atoms with E-state index in [1.165, 1.54) is 0 Å². The molecule has 0 amide bonds. The van der Waals surface area contributed by atoms with E-state index < -0.39 is 0 Å². The van der Waals surface area contributed by atoms with Gasteiger partial charge in [-0.15, -0.1) is 0 Å². The zero-order chi connectivity index (χ0) is 15.7. The normalized spacial score (nSPS) is 11.8. The Bertz CT molecular complexity index is 844. The topological polar surface area (TPSA) is 88.5 Å². The predicted molar refractivity (Wildman–Crippen MR) is 84.7 cm³/mol. The number of pyridine rings is 1. The first kappa shape index (κ1) is 14.2. The molecule has 3 rings (SSSR count). The second-order valence-electron chi connectivity index (χ2n) is 6.09. The van der Waals surface area contributed by atoms with Gasteiger partial charge in [-0.25, -0.2) is 4.68 Å². The molecule has 7 heteroatoms. The zero-order valence-electron chi connectivity index (χ0n) is 12.8. The van der Waals surface area contributed by atoms with E-state index in [-0.39, 0.29) is 11.1 Å². The van der Waals surface area contributed by atoms with Crippen LogP contribution in [0.2, 0.25) is 0 Å². The molecule has 0 fully saturated rings. The molecule has 0 saturated carbocycles. The highest BCUT2D eigenvalue weighted by Gasteiger charge is 2.19. The van der Waals surface area contributed by atoms with Gasteiger partial charge in [0.15, 0.2) is 5.65 Å². The summed E-state index contributed by atoms with van der Waals surface area (Å²) in [5, 5.41) is 7.90. The Morgan fingerprint density at radius 3 is 2.68 bits per heavy atom. The molecular formula is C15H18N6O. The van der Waals surface area contributed by atoms with Crippen LogP contribution in [0.1, 0.15) is 26.3 Å². The van der Waals surface area contributed by atoms with Crippen LogP contribution in [-0.4, -0.2) is 24.7 Å². The smallest absolute Gasteiger partial charge is 0.263 e. The van der Waals surface area contributed by atoms with Gasteiger partial charge in [0.2, 0.25) is 5.95 Å². The van der Waals surface area contributed by atoms with Crippen LogP contribution in [0.3, 0.4) is 0 Å². The minimum Gasteiger partial charge on any atom is -0.352 e. The molecule has 7 nitrogen and oxygen atoms in total. The summed E-state index contributed by atoms with van der Waals surface area (Å²) in [5.41, 5.74) is 1.19. The number of rotatable bonds is 3. The number of anilines is 1. The third-order valence-corrected chi connectivity index (χ3v) is 3.28. The summed E-state index contributed by atoms with van der Waals surface area (Å²) in [6.45, 7) is 6.62. The first-order valence-corrected chi connectivity index (χ1v) is 7.06. The fraction of sp³-hybridized carbons (Fsp3) is 0.333. The Balaban J connectivity index is 1.96. The maximum atomic E-state index is 12.2. The lowest BCUT2D eigenvalue weighted by molar-refractivity contribution is 0.366. The fourth-order valence-electron chi connectivity index (χ4n) is 2.18. The number of H-pyrrole nitrogens is 1. The molecule has 0 atom stereocenters. The van der Waals surface area contributed by atoms with Gasteiger partial charge in [0.25, 0.3) is 5.56 Å². The number of hydrogen-bond donors (Lipinski definition) is 2. The number of fused-ring (bicyclic) bond motifs is 1. The zero-order valence-corrected chi connectivity index (χ0v) is 12.8. The van der Waals surface area contributed by atoms with Crippen LogP contribution in [0.15, 0.2) is 35.5 Å². The molecule has 0 aromatic carbocycles. The van der Waals surface area contributed by atoms with Crippen LogP contribution >= 0.6 is 0 Å². The van der Waals surface area contributed by atoms with Crippen LogP contribution in [0.5, 0.6) is 0 Å². The fourth-order valence-corrected chi connectivity index (χ4v) is 2.18. The quantitative estimate of drug-likeness (QED) is 0.770. The van der Waals surface area contributed by atoms with E-state index in [1.54, 1.807) is 23.3 Å². The van der Waals surface area contributed by atoms with Crippen molar-refractivity contribution < 1.29 is 0 Å². The predicted octanol–water partition coefficient (Wildman–Crippen LogP) is 1.88. The van der Waals surface area contributed by atoms with Crippen LogP contribution in [0.4, 0.5) is 5.95 Å². The van der Waals surface area contributed by atoms with Crippen LogP contribution in [-0.2, 0) is 12.1 Å². The number of nitrogens with zero attached hydrogens (tertiary/aromatic N) is 4. The summed E-state index contributed by atoms with van der Waals surface area (Å²) in [4.78, 5) is 23.4. The second kappa shape index (κ2) is 5.25. The highest BCUT2D eigenvalue weighted by atomic mass is 16.1. The van der Waals surface area contributed by atoms with E-state index >= 15 is 0 Å². The summed E-state index contributed by atoms with van der Waals surface area (Å²) in [5.74, 6) is 0.431. The lowest BCUT2D eigenvalue weighted by Crippen LogP contribution is -2.24. The van der Waals surface area contributed by atoms with E-state index in [2.05, 4.69) is 25.4 Å². The molecule has 114 valence electrons. The summed E-state index contributed by atoms with van der Waals surface area (Å²) in [6.07, 6.45) is 5.01. The van der Waals surface area contributed by atoms with Gasteiger partial charge in [-0.1, -0.05) is 0 Å². The minimum absolute atomic E-state index is 0.197. The number of hydrogen-bond acceptors (Lipinski definition) is 5. The molecule has 0 spiro atoms. The second-order valence-corrected chi connectivity index (χ2v) is 6.09. The summed E-state index contributed by atoms with van der Waals surface area (Å²) in [7, 11) is 0. The Morgan fingerprint density at radius 2 is 2.00 bits per heavy atom. The number of nitrogens with one attached hydrogen (secondary N) is 2. The van der Waals surface area contributed by atoms with Gasteiger partial charge in [0.05, 0.1) is 11.7 Å². The van der Waals surface area contributed by atoms with Gasteiger partial charge in [-0.2, -0.15) is 10.1 Å². The van der Waals surface area contributed by atoms with Crippen molar-refractivity contribution in [3.63, 3.8) is 0 Å². The van der Waals surface area contributed by atoms with Crippen molar-refractivity contribution in [2.75, 3.05) is 5.32 Å². The van der Waals surface area contributed by atoms with E-state index in [0.717, 1.165) is 5.56 Å². The molecule has 0 unspecified atom stereocenters. The highest BCUT2D eigenvalue weighted by Crippen LogP contribution is 2.18. The molecular weight excluding hydrogens is 280 g/mol. The first-order chi connectivity index (χ1) is 10.4. The minimum atomic E-state index is -0.245. The van der Waals surface area contributed by atoms with E-state index in [0.29, 0.717) is 23.5 Å². The Kier molecular flexibility index (Phi) is 3.40. The van der Waals surface area contributed by atoms with Crippen molar-refractivity contribution in [2.45, 2.75) is 32.9 Å². The summed E-state index contributed by atoms with van der Waals surface area (Å²) >= 11 is 0. The summed E-state index contributed by atoms with van der Waals surface area (Å²) in [6, 6.07) is 3.81. The molecule has 0 aliphatic carbocycles. The Morgan fingerprint density at radius 1 is 1.27 bits per heavy atom. The summed E-state index contributed by atoms with van der Waals surface area (Å²) < 4.78 is 1.76. The van der Waals surface area contributed by atoms with Gasteiger partial charge in [-0.05, 0) is 38.5 Å². The third kappa shape index (κ3) is 2.69. The van der Waals surface area contributed by atoms with Gasteiger partial charge in [-0.3, -0.25) is 14.8 Å². The lowest BCUT2D eigenvalue weighted by Gasteiger charge is -2.19. The van der Waals surface area contributed by atoms with Crippen LogP contribution in [0, 0.1) is 0 Å². The molecule has 3 heterocycles. The monoisotopic (exact) mass is 298 g/mol. The van der Waals surface area contributed by atoms with Gasteiger partial charge < -0.3 is 5.32 Å². The average molecular weight is 298 g/mol. The standard InChI is InChI=1S/C15H18N6O/c1-15(2,3)21-12-11(9-18-21)13(22)20-14(19-12)17-8-10-4-6-16-7-5-10/h4-7,9H,8H2,1-3H3,(H2,17,19,20,22). The van der Waals surface area contributed by atoms with E-state index in [9.17, 15) is 4.79 Å². The lowest BCUT2D eigenvalue weighted by atomic mass is 10.1. The molecule has 22 heavy (non-hydrogen) atoms. The van der Waals surface area contributed by atoms with Gasteiger partial charge >= 0.3 is 0 Å². The van der Waals surface area contributed by atoms with Crippen LogP contribution in [0.25, 0.3) is 11.0 Å². The molecule has 3 aromatic heterocycles. The van der Waals surface area contributed by atoms with Gasteiger partial charge in [0, 0.05) is 18.9 Å². The molecule has 0 saturated heterocycles. The SMILES string of the molecule is CC(C)(C)n1ncc2c(=O)[nH]c(NCc3ccncc3)nc21. The van der Waals surface area contributed by atoms with Crippen molar-refractivity contribution >= 4 is 17.0 Å². The van der Waals surface area contributed by atoms with Gasteiger partial charge in [0.1, 0.15) is 5.39 Å². The number of aromatic amines is 1. The van der Waals surface area contributed by atoms with Crippen molar-refractivity contribution in [1.29, 1.82) is 0 Å². The van der Waals surface area contributed by atoms with Crippen LogP contribution < -0.4 is 10.9 Å². The molecule has 3 aromatic rings. The molecule has 0 aliphatic rings. The van der Waals surface area contributed by atoms with Crippen molar-refractivity contribution in [3.05, 3.63) is 46.6 Å². The highest BCUT2D eigenvalue weighted by molar-refractivity contribution is 5.74. The molecule has 2 N–H and O–H groups in total. The maximum Gasteiger partial charge on any atom is 0.263 e. The van der Waals surface area contributed by atoms with Crippen molar-refractivity contribution in [1.82, 2.24) is 24.7 Å². The van der Waals surface area contributed by atoms with Crippen molar-refractivity contribution in [3.8, 4) is 0 Å². The van der Waals surface area contributed by atoms with E-state index in [1.807, 2.05) is 32.9 Å². The van der Waals surface area contributed by atoms with E-state index in [4.69, 9.17) is 0 Å². The third-order valence-electron chi connectivity index (χ3n) is 3.28. The molecule has 0 bridgehead atoms. The average Bonchev–Trinajstić information content (AvgIpc) is 2.91. The molecule has 0 aliphatic heterocycles. The Hall–Kier alpha value is -2.70. The maximum absolute atomic E-state index is 12.2. The number of aromatic nitrogens is 5. The van der Waals surface area contributed by atoms with Crippen molar-refractivity contribution in [2.24, 2.45) is 0 Å². The Labute approximate surface area is 127 Å². The molecule has 0 radical (unpaired) electrons.